The number of carbonyl (C=O) groups is 4. The van der Waals surface area contributed by atoms with Crippen molar-refractivity contribution in [2.45, 2.75) is 395 Å². The van der Waals surface area contributed by atoms with Gasteiger partial charge in [0, 0.05) is 25.7 Å². The van der Waals surface area contributed by atoms with Gasteiger partial charge in [-0.05, 0) is 49.4 Å². The van der Waals surface area contributed by atoms with Crippen LogP contribution in [0.3, 0.4) is 0 Å². The van der Waals surface area contributed by atoms with E-state index in [0.717, 1.165) is 114 Å². The molecule has 19 heteroatoms. The van der Waals surface area contributed by atoms with Gasteiger partial charge in [-0.25, -0.2) is 9.13 Å². The fraction of sp³-hybridized carbons (Fsp3) is 0.947. The molecule has 17 nitrogen and oxygen atoms in total. The maximum atomic E-state index is 13.1. The number of ether oxygens (including phenoxy) is 4. The molecule has 558 valence electrons. The fourth-order valence-electron chi connectivity index (χ4n) is 11.3. The van der Waals surface area contributed by atoms with Gasteiger partial charge in [0.1, 0.15) is 19.3 Å². The number of carbonyl (C=O) groups excluding carboxylic acids is 4. The summed E-state index contributed by atoms with van der Waals surface area (Å²) in [7, 11) is -9.91. The maximum Gasteiger partial charge on any atom is 0.472 e. The van der Waals surface area contributed by atoms with Crippen molar-refractivity contribution in [3.63, 3.8) is 0 Å². The summed E-state index contributed by atoms with van der Waals surface area (Å²) in [5, 5.41) is 10.6. The Morgan fingerprint density at radius 3 is 0.755 bits per heavy atom. The minimum absolute atomic E-state index is 0.105. The molecule has 7 atom stereocenters. The first-order chi connectivity index (χ1) is 45.2. The molecule has 94 heavy (non-hydrogen) atoms. The zero-order valence-corrected chi connectivity index (χ0v) is 63.4. The van der Waals surface area contributed by atoms with Gasteiger partial charge in [-0.2, -0.15) is 0 Å². The first kappa shape index (κ1) is 92.1. The predicted octanol–water partition coefficient (Wildman–Crippen LogP) is 21.7. The van der Waals surface area contributed by atoms with Gasteiger partial charge >= 0.3 is 39.5 Å². The molecule has 0 aliphatic rings. The average Bonchev–Trinajstić information content (AvgIpc) is 1.88. The smallest absolute Gasteiger partial charge is 0.462 e. The van der Waals surface area contributed by atoms with Crippen molar-refractivity contribution in [3.8, 4) is 0 Å². The Morgan fingerprint density at radius 1 is 0.298 bits per heavy atom. The second-order valence-corrected chi connectivity index (χ2v) is 31.4. The number of aliphatic hydroxyl groups is 1. The van der Waals surface area contributed by atoms with E-state index in [0.29, 0.717) is 31.6 Å². The topological polar surface area (TPSA) is 237 Å². The SMILES string of the molecule is CCC(C)CCCCCCCCCCCCCCCCC(=O)OC[C@H](COP(=O)(O)OCC(O)COP(=O)(O)OC[C@@H](COC(=O)CCCCCCCCCC(C)C)OC(=O)CCCCCCCCCCCCC(C)CC)OC(=O)CCCCCCCCCCCC(C)C. The number of phosphoric acid groups is 2. The third-order valence-corrected chi connectivity index (χ3v) is 19.9. The second-order valence-electron chi connectivity index (χ2n) is 28.5. The van der Waals surface area contributed by atoms with Crippen LogP contribution in [0.4, 0.5) is 0 Å². The van der Waals surface area contributed by atoms with E-state index in [1.807, 2.05) is 0 Å². The fourth-order valence-corrected chi connectivity index (χ4v) is 12.9. The Bertz CT molecular complexity index is 1850. The van der Waals surface area contributed by atoms with Crippen LogP contribution in [0.1, 0.15) is 376 Å². The Kier molecular flexibility index (Phi) is 63.1. The van der Waals surface area contributed by atoms with Crippen molar-refractivity contribution in [2.24, 2.45) is 23.7 Å². The number of hydrogen-bond acceptors (Lipinski definition) is 15. The van der Waals surface area contributed by atoms with Crippen LogP contribution in [-0.2, 0) is 65.4 Å². The van der Waals surface area contributed by atoms with E-state index in [-0.39, 0.29) is 25.7 Å². The van der Waals surface area contributed by atoms with Crippen LogP contribution in [0.15, 0.2) is 0 Å². The monoisotopic (exact) mass is 1380 g/mol. The van der Waals surface area contributed by atoms with Crippen LogP contribution in [0.25, 0.3) is 0 Å². The van der Waals surface area contributed by atoms with Gasteiger partial charge in [-0.3, -0.25) is 37.3 Å². The highest BCUT2D eigenvalue weighted by atomic mass is 31.2. The van der Waals surface area contributed by atoms with E-state index < -0.39 is 97.5 Å². The van der Waals surface area contributed by atoms with Gasteiger partial charge in [-0.15, -0.1) is 0 Å². The van der Waals surface area contributed by atoms with Gasteiger partial charge in [0.05, 0.1) is 26.4 Å². The summed E-state index contributed by atoms with van der Waals surface area (Å²) in [4.78, 5) is 72.8. The van der Waals surface area contributed by atoms with Crippen LogP contribution in [0.5, 0.6) is 0 Å². The summed E-state index contributed by atoms with van der Waals surface area (Å²) in [6.07, 6.45) is 48.5. The summed E-state index contributed by atoms with van der Waals surface area (Å²) in [5.74, 6) is 0.971. The Morgan fingerprint density at radius 2 is 0.511 bits per heavy atom. The zero-order chi connectivity index (χ0) is 69.6. The van der Waals surface area contributed by atoms with E-state index in [2.05, 4.69) is 55.4 Å². The van der Waals surface area contributed by atoms with Crippen molar-refractivity contribution in [2.75, 3.05) is 39.6 Å². The van der Waals surface area contributed by atoms with Gasteiger partial charge in [0.15, 0.2) is 12.2 Å². The Balaban J connectivity index is 5.23. The van der Waals surface area contributed by atoms with Crippen molar-refractivity contribution >= 4 is 39.5 Å². The number of aliphatic hydroxyl groups excluding tert-OH is 1. The lowest BCUT2D eigenvalue weighted by atomic mass is 9.99. The maximum absolute atomic E-state index is 13.1. The molecule has 0 saturated carbocycles. The molecule has 0 aliphatic carbocycles. The number of esters is 4. The molecule has 0 spiro atoms. The molecule has 3 N–H and O–H groups in total. The molecule has 0 aliphatic heterocycles. The molecular weight excluding hydrogens is 1230 g/mol. The minimum Gasteiger partial charge on any atom is -0.462 e. The first-order valence-corrected chi connectivity index (χ1v) is 41.8. The van der Waals surface area contributed by atoms with Crippen LogP contribution in [-0.4, -0.2) is 96.7 Å². The molecule has 0 bridgehead atoms. The summed E-state index contributed by atoms with van der Waals surface area (Å²) in [5.41, 5.74) is 0. The lowest BCUT2D eigenvalue weighted by Crippen LogP contribution is -2.30. The molecule has 0 aromatic heterocycles. The molecule has 0 saturated heterocycles. The number of phosphoric ester groups is 2. The second kappa shape index (κ2) is 64.4. The highest BCUT2D eigenvalue weighted by Crippen LogP contribution is 2.45. The van der Waals surface area contributed by atoms with Gasteiger partial charge in [-0.1, -0.05) is 325 Å². The molecule has 0 amide bonds. The van der Waals surface area contributed by atoms with Crippen molar-refractivity contribution in [3.05, 3.63) is 0 Å². The minimum atomic E-state index is -4.96. The van der Waals surface area contributed by atoms with E-state index in [1.165, 1.54) is 173 Å². The largest absolute Gasteiger partial charge is 0.472 e. The van der Waals surface area contributed by atoms with Crippen LogP contribution < -0.4 is 0 Å². The average molecular weight is 1380 g/mol. The summed E-state index contributed by atoms with van der Waals surface area (Å²) < 4.78 is 68.5. The van der Waals surface area contributed by atoms with Crippen molar-refractivity contribution in [1.29, 1.82) is 0 Å². The lowest BCUT2D eigenvalue weighted by molar-refractivity contribution is -0.161. The standard InChI is InChI=1S/C75H146O17P2/c1-9-67(7)53-45-37-29-21-15-13-11-12-14-16-23-31-39-47-55-72(77)85-61-70(92-75(80)58-50-42-33-25-19-20-27-35-43-51-65(3)4)63-89-93(81,82)87-59-69(76)60-88-94(83,84)90-64-71(62-86-73(78)56-48-40-34-26-28-36-44-52-66(5)6)91-74(79)57-49-41-32-24-18-17-22-30-38-46-54-68(8)10-2/h65-71,76H,9-64H2,1-8H3,(H,81,82)(H,83,84)/t67?,68?,69?,70-,71-/m1/s1. The normalized spacial score (nSPS) is 14.7. The molecule has 0 radical (unpaired) electrons. The highest BCUT2D eigenvalue weighted by molar-refractivity contribution is 7.47. The number of hydrogen-bond donors (Lipinski definition) is 3. The molecule has 0 aromatic carbocycles. The molecule has 0 aromatic rings. The highest BCUT2D eigenvalue weighted by Gasteiger charge is 2.30. The predicted molar refractivity (Wildman–Crippen MR) is 381 cm³/mol. The first-order valence-electron chi connectivity index (χ1n) is 38.8. The van der Waals surface area contributed by atoms with E-state index >= 15 is 0 Å². The Labute approximate surface area is 575 Å². The van der Waals surface area contributed by atoms with Crippen LogP contribution in [0.2, 0.25) is 0 Å². The molecule has 5 unspecified atom stereocenters. The van der Waals surface area contributed by atoms with Crippen LogP contribution in [0, 0.1) is 23.7 Å². The quantitative estimate of drug-likeness (QED) is 0.0222. The van der Waals surface area contributed by atoms with E-state index in [4.69, 9.17) is 37.0 Å². The van der Waals surface area contributed by atoms with Crippen LogP contribution >= 0.6 is 15.6 Å². The number of rotatable bonds is 72. The molecule has 0 rings (SSSR count). The molecule has 0 heterocycles. The van der Waals surface area contributed by atoms with Gasteiger partial charge in [0.2, 0.25) is 0 Å². The third-order valence-electron chi connectivity index (χ3n) is 18.0. The summed E-state index contributed by atoms with van der Waals surface area (Å²) >= 11 is 0. The van der Waals surface area contributed by atoms with E-state index in [1.54, 1.807) is 0 Å². The van der Waals surface area contributed by atoms with Gasteiger partial charge < -0.3 is 33.8 Å². The summed E-state index contributed by atoms with van der Waals surface area (Å²) in [6, 6.07) is 0. The van der Waals surface area contributed by atoms with E-state index in [9.17, 15) is 43.2 Å². The third kappa shape index (κ3) is 66.0. The summed E-state index contributed by atoms with van der Waals surface area (Å²) in [6.45, 7) is 14.2. The molecule has 0 fully saturated rings. The van der Waals surface area contributed by atoms with Crippen molar-refractivity contribution < 1.29 is 80.2 Å². The van der Waals surface area contributed by atoms with Crippen molar-refractivity contribution in [1.82, 2.24) is 0 Å². The van der Waals surface area contributed by atoms with Gasteiger partial charge in [0.25, 0.3) is 0 Å². The molecular formula is C75H146O17P2. The number of unbranched alkanes of at least 4 members (excludes halogenated alkanes) is 36. The zero-order valence-electron chi connectivity index (χ0n) is 61.6. The Hall–Kier alpha value is -1.94. The lowest BCUT2D eigenvalue weighted by Gasteiger charge is -2.21.